The van der Waals surface area contributed by atoms with Crippen LogP contribution in [0.1, 0.15) is 56.7 Å². The summed E-state index contributed by atoms with van der Waals surface area (Å²) >= 11 is 0. The molecule has 0 amide bonds. The maximum Gasteiger partial charge on any atom is 0.303 e. The number of aliphatic carboxylic acids is 1. The largest absolute Gasteiger partial charge is 0.481 e. The predicted octanol–water partition coefficient (Wildman–Crippen LogP) is 5.44. The average molecular weight is 599 g/mol. The molecule has 0 bridgehead atoms. The van der Waals surface area contributed by atoms with Gasteiger partial charge in [0.1, 0.15) is 5.82 Å². The molecule has 42 heavy (non-hydrogen) atoms. The quantitative estimate of drug-likeness (QED) is 0.203. The fourth-order valence-electron chi connectivity index (χ4n) is 5.09. The molecule has 0 aliphatic carbocycles. The van der Waals surface area contributed by atoms with E-state index in [0.29, 0.717) is 23.1 Å². The summed E-state index contributed by atoms with van der Waals surface area (Å²) in [4.78, 5) is 11.2. The van der Waals surface area contributed by atoms with Crippen LogP contribution in [0.3, 0.4) is 0 Å². The molecule has 9 heteroatoms. The number of aryl methyl sites for hydroxylation is 3. The molecule has 1 unspecified atom stereocenters. The van der Waals surface area contributed by atoms with Crippen LogP contribution in [-0.2, 0) is 34.1 Å². The topological polar surface area (TPSA) is 107 Å². The van der Waals surface area contributed by atoms with Crippen molar-refractivity contribution in [3.05, 3.63) is 89.2 Å². The number of carbonyl (C=O) groups is 1. The number of rotatable bonds is 16. The minimum atomic E-state index is -3.94. The highest BCUT2D eigenvalue weighted by Crippen LogP contribution is 2.32. The van der Waals surface area contributed by atoms with Crippen LogP contribution in [0.4, 0.5) is 4.39 Å². The Morgan fingerprint density at radius 1 is 1.02 bits per heavy atom. The fraction of sp³-hybridized carbons (Fsp3) is 0.424. The molecule has 0 radical (unpaired) electrons. The van der Waals surface area contributed by atoms with E-state index in [9.17, 15) is 22.7 Å². The second-order valence-electron chi connectivity index (χ2n) is 11.4. The third kappa shape index (κ3) is 9.19. The fourth-order valence-corrected chi connectivity index (χ4v) is 6.57. The van der Waals surface area contributed by atoms with E-state index in [2.05, 4.69) is 31.3 Å². The first-order valence-corrected chi connectivity index (χ1v) is 15.8. The number of carboxylic acids is 1. The highest BCUT2D eigenvalue weighted by molar-refractivity contribution is 7.89. The Balaban J connectivity index is 1.67. The summed E-state index contributed by atoms with van der Waals surface area (Å²) in [6, 6.07) is 19.5. The lowest BCUT2D eigenvalue weighted by Gasteiger charge is -2.29. The van der Waals surface area contributed by atoms with E-state index in [0.717, 1.165) is 23.6 Å². The van der Waals surface area contributed by atoms with Crippen LogP contribution in [0.2, 0.25) is 0 Å². The van der Waals surface area contributed by atoms with E-state index < -0.39 is 27.9 Å². The summed E-state index contributed by atoms with van der Waals surface area (Å²) in [5.74, 6) is -1.47. The maximum absolute atomic E-state index is 14.9. The molecule has 0 aliphatic heterocycles. The first kappa shape index (κ1) is 33.4. The van der Waals surface area contributed by atoms with Gasteiger partial charge in [0.05, 0.1) is 11.0 Å². The monoisotopic (exact) mass is 598 g/mol. The van der Waals surface area contributed by atoms with Crippen molar-refractivity contribution in [1.29, 1.82) is 0 Å². The van der Waals surface area contributed by atoms with Crippen molar-refractivity contribution in [2.45, 2.75) is 75.8 Å². The highest BCUT2D eigenvalue weighted by Gasteiger charge is 2.27. The normalized spacial score (nSPS) is 12.9. The maximum atomic E-state index is 14.9. The number of nitrogens with one attached hydrogen (secondary N) is 1. The smallest absolute Gasteiger partial charge is 0.303 e. The lowest BCUT2D eigenvalue weighted by molar-refractivity contribution is -0.136. The van der Waals surface area contributed by atoms with Crippen LogP contribution >= 0.6 is 0 Å². The number of hydrogen-bond acceptors (Lipinski definition) is 5. The first-order valence-electron chi connectivity index (χ1n) is 14.4. The number of aliphatic hydroxyl groups excluding tert-OH is 1. The van der Waals surface area contributed by atoms with Crippen LogP contribution in [0.25, 0.3) is 11.1 Å². The summed E-state index contributed by atoms with van der Waals surface area (Å²) in [6.45, 7) is 6.12. The van der Waals surface area contributed by atoms with E-state index >= 15 is 0 Å². The molecule has 0 heterocycles. The average Bonchev–Trinajstić information content (AvgIpc) is 2.95. The Kier molecular flexibility index (Phi) is 11.8. The molecule has 0 fully saturated rings. The molecule has 3 rings (SSSR count). The molecule has 7 nitrogen and oxygen atoms in total. The van der Waals surface area contributed by atoms with Gasteiger partial charge in [-0.05, 0) is 86.4 Å². The van der Waals surface area contributed by atoms with Crippen LogP contribution < -0.4 is 5.32 Å². The van der Waals surface area contributed by atoms with Crippen molar-refractivity contribution in [2.24, 2.45) is 0 Å². The van der Waals surface area contributed by atoms with Gasteiger partial charge in [-0.2, -0.15) is 4.31 Å². The van der Waals surface area contributed by atoms with Crippen molar-refractivity contribution in [2.75, 3.05) is 20.1 Å². The second kappa shape index (κ2) is 14.9. The number of hydrogen-bond donors (Lipinski definition) is 3. The third-order valence-electron chi connectivity index (χ3n) is 7.52. The van der Waals surface area contributed by atoms with Crippen LogP contribution in [0.5, 0.6) is 0 Å². The molecule has 0 aliphatic rings. The van der Waals surface area contributed by atoms with E-state index in [4.69, 9.17) is 5.11 Å². The predicted molar refractivity (Wildman–Crippen MR) is 164 cm³/mol. The van der Waals surface area contributed by atoms with E-state index in [1.807, 2.05) is 25.1 Å². The van der Waals surface area contributed by atoms with Gasteiger partial charge in [-0.3, -0.25) is 4.79 Å². The number of halogens is 1. The number of carboxylic acid groups (broad SMARTS) is 1. The Morgan fingerprint density at radius 2 is 1.74 bits per heavy atom. The summed E-state index contributed by atoms with van der Waals surface area (Å²) in [7, 11) is -2.50. The van der Waals surface area contributed by atoms with Crippen molar-refractivity contribution in [3.8, 4) is 11.1 Å². The Labute approximate surface area is 249 Å². The van der Waals surface area contributed by atoms with Crippen LogP contribution in [-0.4, -0.2) is 60.7 Å². The van der Waals surface area contributed by atoms with Gasteiger partial charge >= 0.3 is 5.97 Å². The van der Waals surface area contributed by atoms with Gasteiger partial charge in [-0.15, -0.1) is 0 Å². The standard InChI is InChI=1S/C33H43FN2O5S/c1-5-25-21-27(32-26(17-19-31(38)39)14-9-15-29(32)34)16-18-30(25)42(40,41)36(4)23-28(37)22-35-33(2,3)20-10-13-24-11-7-6-8-12-24/h6-9,11-12,14-16,18,21,28,35,37H,5,10,13,17,19-20,22-23H2,1-4H3,(H,38,39). The lowest BCUT2D eigenvalue weighted by Crippen LogP contribution is -2.46. The zero-order valence-corrected chi connectivity index (χ0v) is 25.8. The zero-order chi connectivity index (χ0) is 30.9. The molecule has 3 aromatic carbocycles. The molecule has 1 atom stereocenters. The highest BCUT2D eigenvalue weighted by atomic mass is 32.2. The Morgan fingerprint density at radius 3 is 2.40 bits per heavy atom. The van der Waals surface area contributed by atoms with Gasteiger partial charge in [-0.25, -0.2) is 12.8 Å². The van der Waals surface area contributed by atoms with E-state index in [1.54, 1.807) is 18.2 Å². The van der Waals surface area contributed by atoms with E-state index in [1.165, 1.54) is 30.8 Å². The van der Waals surface area contributed by atoms with Crippen LogP contribution in [0, 0.1) is 5.82 Å². The number of benzene rings is 3. The number of sulfonamides is 1. The second-order valence-corrected chi connectivity index (χ2v) is 13.4. The molecule has 228 valence electrons. The van der Waals surface area contributed by atoms with Gasteiger partial charge < -0.3 is 15.5 Å². The third-order valence-corrected chi connectivity index (χ3v) is 9.44. The molecule has 3 N–H and O–H groups in total. The minimum Gasteiger partial charge on any atom is -0.481 e. The van der Waals surface area contributed by atoms with Gasteiger partial charge in [0.15, 0.2) is 0 Å². The first-order chi connectivity index (χ1) is 19.8. The molecular formula is C33H43FN2O5S. The number of β-amino-alcohol motifs (C(OH)–C–C–N with tert-alkyl or cyclic N) is 1. The molecule has 0 saturated carbocycles. The van der Waals surface area contributed by atoms with Gasteiger partial charge in [0, 0.05) is 37.7 Å². The Hall–Kier alpha value is -3.11. The number of likely N-dealkylation sites (N-methyl/N-ethyl adjacent to an activating group) is 1. The molecule has 0 aromatic heterocycles. The summed E-state index contributed by atoms with van der Waals surface area (Å²) in [5, 5.41) is 23.2. The van der Waals surface area contributed by atoms with Gasteiger partial charge in [0.2, 0.25) is 10.0 Å². The van der Waals surface area contributed by atoms with Gasteiger partial charge in [0.25, 0.3) is 0 Å². The molecule has 0 spiro atoms. The number of aliphatic hydroxyl groups is 1. The lowest BCUT2D eigenvalue weighted by atomic mass is 9.94. The van der Waals surface area contributed by atoms with Crippen molar-refractivity contribution in [3.63, 3.8) is 0 Å². The minimum absolute atomic E-state index is 0.0903. The zero-order valence-electron chi connectivity index (χ0n) is 24.9. The SMILES string of the molecule is CCc1cc(-c2c(F)cccc2CCC(=O)O)ccc1S(=O)(=O)N(C)CC(O)CNC(C)(C)CCCc1ccccc1. The van der Waals surface area contributed by atoms with Crippen molar-refractivity contribution in [1.82, 2.24) is 9.62 Å². The van der Waals surface area contributed by atoms with Crippen molar-refractivity contribution >= 4 is 16.0 Å². The summed E-state index contributed by atoms with van der Waals surface area (Å²) in [5.41, 5.74) is 2.88. The summed E-state index contributed by atoms with van der Waals surface area (Å²) in [6.07, 6.45) is 2.33. The summed E-state index contributed by atoms with van der Waals surface area (Å²) < 4.78 is 43.1. The number of nitrogens with zero attached hydrogens (tertiary/aromatic N) is 1. The van der Waals surface area contributed by atoms with Gasteiger partial charge in [-0.1, -0.05) is 55.5 Å². The van der Waals surface area contributed by atoms with E-state index in [-0.39, 0.29) is 41.9 Å². The van der Waals surface area contributed by atoms with Crippen LogP contribution in [0.15, 0.2) is 71.6 Å². The molecule has 0 saturated heterocycles. The molecular weight excluding hydrogens is 555 g/mol. The molecule has 3 aromatic rings. The Bertz CT molecular complexity index is 1440. The van der Waals surface area contributed by atoms with Crippen molar-refractivity contribution < 1.29 is 27.8 Å².